The highest BCUT2D eigenvalue weighted by molar-refractivity contribution is 7.89. The molecule has 2 aromatic rings. The van der Waals surface area contributed by atoms with Crippen LogP contribution in [-0.4, -0.2) is 62.7 Å². The maximum Gasteiger partial charge on any atom is 0.325 e. The second kappa shape index (κ2) is 7.75. The van der Waals surface area contributed by atoms with Crippen LogP contribution in [0.2, 0.25) is 0 Å². The number of urea groups is 1. The molecule has 0 aliphatic carbocycles. The second-order valence-corrected chi connectivity index (χ2v) is 10.3. The number of furan rings is 1. The van der Waals surface area contributed by atoms with E-state index < -0.39 is 40.0 Å². The van der Waals surface area contributed by atoms with Crippen molar-refractivity contribution in [2.24, 2.45) is 0 Å². The molecule has 2 aliphatic rings. The van der Waals surface area contributed by atoms with Crippen LogP contribution in [-0.2, 0) is 31.6 Å². The molecular weight excluding hydrogens is 436 g/mol. The number of aryl methyl sites for hydroxylation is 1. The number of nitrogens with zero attached hydrogens (tertiary/aromatic N) is 3. The molecule has 0 bridgehead atoms. The number of fused-ring (bicyclic) bond motifs is 1. The predicted octanol–water partition coefficient (Wildman–Crippen LogP) is 1.28. The molecule has 1 saturated heterocycles. The minimum Gasteiger partial charge on any atom is -0.466 e. The zero-order valence-corrected chi connectivity index (χ0v) is 18.8. The summed E-state index contributed by atoms with van der Waals surface area (Å²) in [6.07, 6.45) is 2.66. The van der Waals surface area contributed by atoms with Gasteiger partial charge >= 0.3 is 6.03 Å². The summed E-state index contributed by atoms with van der Waals surface area (Å²) in [4.78, 5) is 41.1. The molecule has 1 atom stereocenters. The van der Waals surface area contributed by atoms with Gasteiger partial charge in [-0.05, 0) is 55.7 Å². The summed E-state index contributed by atoms with van der Waals surface area (Å²) < 4.78 is 31.3. The smallest absolute Gasteiger partial charge is 0.325 e. The van der Waals surface area contributed by atoms with Crippen molar-refractivity contribution < 1.29 is 27.2 Å². The van der Waals surface area contributed by atoms with Gasteiger partial charge in [0.2, 0.25) is 15.9 Å². The molecule has 1 aromatic heterocycles. The maximum absolute atomic E-state index is 13.1. The molecule has 170 valence electrons. The van der Waals surface area contributed by atoms with Crippen LogP contribution in [0.5, 0.6) is 0 Å². The lowest BCUT2D eigenvalue weighted by molar-refractivity contribution is -0.134. The fourth-order valence-corrected chi connectivity index (χ4v) is 4.95. The van der Waals surface area contributed by atoms with Crippen LogP contribution in [0.25, 0.3) is 0 Å². The topological polar surface area (TPSA) is 120 Å². The van der Waals surface area contributed by atoms with Crippen molar-refractivity contribution in [3.8, 4) is 0 Å². The van der Waals surface area contributed by atoms with E-state index in [-0.39, 0.29) is 10.7 Å². The van der Waals surface area contributed by atoms with Gasteiger partial charge in [0.25, 0.3) is 5.91 Å². The average molecular weight is 461 g/mol. The highest BCUT2D eigenvalue weighted by atomic mass is 32.2. The third kappa shape index (κ3) is 3.47. The van der Waals surface area contributed by atoms with Crippen molar-refractivity contribution in [1.29, 1.82) is 0 Å². The molecule has 1 unspecified atom stereocenters. The second-order valence-electron chi connectivity index (χ2n) is 8.15. The molecular formula is C21H24N4O6S. The quantitative estimate of drug-likeness (QED) is 0.671. The molecule has 1 aromatic carbocycles. The van der Waals surface area contributed by atoms with Crippen LogP contribution >= 0.6 is 0 Å². The maximum atomic E-state index is 13.1. The first kappa shape index (κ1) is 22.0. The van der Waals surface area contributed by atoms with Gasteiger partial charge < -0.3 is 14.6 Å². The highest BCUT2D eigenvalue weighted by Crippen LogP contribution is 2.32. The van der Waals surface area contributed by atoms with E-state index in [1.807, 2.05) is 0 Å². The summed E-state index contributed by atoms with van der Waals surface area (Å²) >= 11 is 0. The lowest BCUT2D eigenvalue weighted by Crippen LogP contribution is -2.46. The Morgan fingerprint density at radius 2 is 2.00 bits per heavy atom. The Kier molecular flexibility index (Phi) is 5.33. The lowest BCUT2D eigenvalue weighted by Gasteiger charge is -2.31. The summed E-state index contributed by atoms with van der Waals surface area (Å²) in [6.45, 7) is 1.50. The van der Waals surface area contributed by atoms with E-state index in [0.717, 1.165) is 14.8 Å². The number of hydrogen-bond acceptors (Lipinski definition) is 6. The number of hydrogen-bond donors (Lipinski definition) is 1. The Morgan fingerprint density at radius 1 is 1.25 bits per heavy atom. The predicted molar refractivity (Wildman–Crippen MR) is 114 cm³/mol. The summed E-state index contributed by atoms with van der Waals surface area (Å²) in [7, 11) is -0.686. The number of sulfonamides is 1. The van der Waals surface area contributed by atoms with E-state index in [4.69, 9.17) is 4.42 Å². The van der Waals surface area contributed by atoms with E-state index in [0.29, 0.717) is 25.1 Å². The van der Waals surface area contributed by atoms with Gasteiger partial charge in [0.05, 0.1) is 11.2 Å². The van der Waals surface area contributed by atoms with Crippen molar-refractivity contribution >= 4 is 33.6 Å². The summed E-state index contributed by atoms with van der Waals surface area (Å²) in [5, 5.41) is 2.60. The number of carbonyl (C=O) groups excluding carboxylic acids is 3. The molecule has 1 fully saturated rings. The van der Waals surface area contributed by atoms with Crippen molar-refractivity contribution in [2.45, 2.75) is 30.2 Å². The Labute approximate surface area is 185 Å². The van der Waals surface area contributed by atoms with Crippen molar-refractivity contribution in [1.82, 2.24) is 14.5 Å². The molecule has 11 heteroatoms. The zero-order valence-electron chi connectivity index (χ0n) is 18.0. The fourth-order valence-electron chi connectivity index (χ4n) is 4.00. The molecule has 0 radical (unpaired) electrons. The SMILES string of the molecule is CN(C)S(=O)(=O)c1ccc2c(c1)CCCN2C(=O)CN1C(=O)NC(C)(c2ccco2)C1=O. The minimum atomic E-state index is -3.60. The summed E-state index contributed by atoms with van der Waals surface area (Å²) in [5.41, 5.74) is -0.0687. The number of nitrogens with one attached hydrogen (secondary N) is 1. The van der Waals surface area contributed by atoms with E-state index >= 15 is 0 Å². The Morgan fingerprint density at radius 3 is 2.66 bits per heavy atom. The summed E-state index contributed by atoms with van der Waals surface area (Å²) in [6, 6.07) is 7.16. The largest absolute Gasteiger partial charge is 0.466 e. The zero-order chi connectivity index (χ0) is 23.3. The number of imide groups is 1. The first-order valence-electron chi connectivity index (χ1n) is 10.1. The third-order valence-electron chi connectivity index (χ3n) is 5.83. The van der Waals surface area contributed by atoms with Crippen LogP contribution in [0.1, 0.15) is 24.7 Å². The number of carbonyl (C=O) groups is 3. The Hall–Kier alpha value is -3.18. The normalized spacial score (nSPS) is 21.1. The van der Waals surface area contributed by atoms with E-state index in [1.54, 1.807) is 24.3 Å². The van der Waals surface area contributed by atoms with E-state index in [1.165, 1.54) is 38.2 Å². The van der Waals surface area contributed by atoms with Crippen LogP contribution in [0.3, 0.4) is 0 Å². The van der Waals surface area contributed by atoms with Gasteiger partial charge in [-0.1, -0.05) is 0 Å². The van der Waals surface area contributed by atoms with Gasteiger partial charge in [-0.2, -0.15) is 0 Å². The first-order chi connectivity index (χ1) is 15.1. The van der Waals surface area contributed by atoms with Crippen molar-refractivity contribution in [3.05, 3.63) is 47.9 Å². The van der Waals surface area contributed by atoms with Crippen molar-refractivity contribution in [2.75, 3.05) is 32.1 Å². The monoisotopic (exact) mass is 460 g/mol. The van der Waals surface area contributed by atoms with Crippen LogP contribution in [0.15, 0.2) is 45.9 Å². The molecule has 3 heterocycles. The molecule has 0 spiro atoms. The first-order valence-corrected chi connectivity index (χ1v) is 11.5. The van der Waals surface area contributed by atoms with Crippen LogP contribution in [0.4, 0.5) is 10.5 Å². The van der Waals surface area contributed by atoms with Crippen molar-refractivity contribution in [3.63, 3.8) is 0 Å². The highest BCUT2D eigenvalue weighted by Gasteiger charge is 2.51. The van der Waals surface area contributed by atoms with Gasteiger partial charge in [0, 0.05) is 26.3 Å². The van der Waals surface area contributed by atoms with Gasteiger partial charge in [-0.25, -0.2) is 17.5 Å². The number of amides is 4. The Balaban J connectivity index is 1.57. The molecule has 32 heavy (non-hydrogen) atoms. The number of rotatable bonds is 5. The molecule has 10 nitrogen and oxygen atoms in total. The minimum absolute atomic E-state index is 0.152. The van der Waals surface area contributed by atoms with Gasteiger partial charge in [-0.15, -0.1) is 0 Å². The standard InChI is InChI=1S/C21H24N4O6S/c1-21(17-7-5-11-31-17)19(27)25(20(28)22-21)13-18(26)24-10-4-6-14-12-15(8-9-16(14)24)32(29,30)23(2)3/h5,7-9,11-12H,4,6,10,13H2,1-3H3,(H,22,28). The summed E-state index contributed by atoms with van der Waals surface area (Å²) in [5.74, 6) is -0.722. The molecule has 0 saturated carbocycles. The van der Waals surface area contributed by atoms with Gasteiger partial charge in [0.1, 0.15) is 12.3 Å². The average Bonchev–Trinajstić information content (AvgIpc) is 3.37. The molecule has 4 amide bonds. The number of anilines is 1. The van der Waals surface area contributed by atoms with E-state index in [9.17, 15) is 22.8 Å². The number of benzene rings is 1. The van der Waals surface area contributed by atoms with Crippen LogP contribution in [0, 0.1) is 0 Å². The fraction of sp³-hybridized carbons (Fsp3) is 0.381. The molecule has 4 rings (SSSR count). The molecule has 2 aliphatic heterocycles. The molecule has 1 N–H and O–H groups in total. The Bertz CT molecular complexity index is 1190. The third-order valence-corrected chi connectivity index (χ3v) is 7.64. The van der Waals surface area contributed by atoms with Crippen LogP contribution < -0.4 is 10.2 Å². The lowest BCUT2D eigenvalue weighted by atomic mass is 9.99. The van der Waals surface area contributed by atoms with Gasteiger partial charge in [0.15, 0.2) is 5.54 Å². The van der Waals surface area contributed by atoms with E-state index in [2.05, 4.69) is 5.32 Å². The van der Waals surface area contributed by atoms with Gasteiger partial charge in [-0.3, -0.25) is 14.5 Å².